The number of benzene rings is 1. The van der Waals surface area contributed by atoms with E-state index in [2.05, 4.69) is 40.5 Å². The molecule has 5 heteroatoms. The summed E-state index contributed by atoms with van der Waals surface area (Å²) in [4.78, 5) is 8.58. The number of hydrogen-bond donors (Lipinski definition) is 2. The number of anilines is 2. The third-order valence-electron chi connectivity index (χ3n) is 2.68. The molecule has 0 unspecified atom stereocenters. The molecule has 0 aliphatic heterocycles. The Morgan fingerprint density at radius 1 is 1.25 bits per heavy atom. The third-order valence-corrected chi connectivity index (χ3v) is 2.92. The van der Waals surface area contributed by atoms with Gasteiger partial charge in [0.25, 0.3) is 0 Å². The van der Waals surface area contributed by atoms with E-state index >= 15 is 0 Å². The molecule has 0 saturated carbocycles. The Balaban J connectivity index is 1.87. The first kappa shape index (κ1) is 14.6. The fraction of sp³-hybridized carbons (Fsp3) is 0.333. The summed E-state index contributed by atoms with van der Waals surface area (Å²) in [6, 6.07) is 10.1. The molecule has 2 rings (SSSR count). The van der Waals surface area contributed by atoms with Crippen LogP contribution in [0.2, 0.25) is 5.02 Å². The van der Waals surface area contributed by atoms with Gasteiger partial charge in [-0.15, -0.1) is 0 Å². The Kier molecular flexibility index (Phi) is 5.18. The smallest absolute Gasteiger partial charge is 0.224 e. The van der Waals surface area contributed by atoms with Crippen molar-refractivity contribution in [2.75, 3.05) is 17.2 Å². The minimum absolute atomic E-state index is 0.316. The fourth-order valence-electron chi connectivity index (χ4n) is 1.81. The molecule has 20 heavy (non-hydrogen) atoms. The van der Waals surface area contributed by atoms with Gasteiger partial charge in [-0.3, -0.25) is 0 Å². The van der Waals surface area contributed by atoms with Crippen molar-refractivity contribution < 1.29 is 0 Å². The van der Waals surface area contributed by atoms with Gasteiger partial charge in [0.05, 0.1) is 0 Å². The Morgan fingerprint density at radius 2 is 2.10 bits per heavy atom. The van der Waals surface area contributed by atoms with E-state index in [0.29, 0.717) is 12.0 Å². The monoisotopic (exact) mass is 290 g/mol. The van der Waals surface area contributed by atoms with E-state index in [-0.39, 0.29) is 0 Å². The van der Waals surface area contributed by atoms with Crippen LogP contribution in [0.5, 0.6) is 0 Å². The molecule has 0 radical (unpaired) electrons. The van der Waals surface area contributed by atoms with Crippen molar-refractivity contribution >= 4 is 23.4 Å². The van der Waals surface area contributed by atoms with Crippen molar-refractivity contribution in [1.82, 2.24) is 9.97 Å². The van der Waals surface area contributed by atoms with Gasteiger partial charge in [0.15, 0.2) is 0 Å². The average Bonchev–Trinajstić information content (AvgIpc) is 2.38. The molecule has 0 saturated heterocycles. The van der Waals surface area contributed by atoms with Crippen molar-refractivity contribution in [3.63, 3.8) is 0 Å². The predicted octanol–water partition coefficient (Wildman–Crippen LogP) is 3.60. The molecule has 1 aromatic heterocycles. The van der Waals surface area contributed by atoms with Crippen LogP contribution in [0.25, 0.3) is 0 Å². The van der Waals surface area contributed by atoms with Crippen LogP contribution in [-0.2, 0) is 6.42 Å². The molecule has 4 nitrogen and oxygen atoms in total. The average molecular weight is 291 g/mol. The van der Waals surface area contributed by atoms with Gasteiger partial charge >= 0.3 is 0 Å². The predicted molar refractivity (Wildman–Crippen MR) is 84.4 cm³/mol. The summed E-state index contributed by atoms with van der Waals surface area (Å²) >= 11 is 5.96. The molecule has 0 bridgehead atoms. The van der Waals surface area contributed by atoms with Crippen molar-refractivity contribution in [2.24, 2.45) is 0 Å². The van der Waals surface area contributed by atoms with E-state index in [1.54, 1.807) is 6.20 Å². The van der Waals surface area contributed by atoms with Crippen LogP contribution in [0.1, 0.15) is 19.4 Å². The zero-order valence-electron chi connectivity index (χ0n) is 11.7. The molecule has 0 aliphatic rings. The molecular formula is C15H19ClN4. The largest absolute Gasteiger partial charge is 0.370 e. The molecule has 0 fully saturated rings. The van der Waals surface area contributed by atoms with Crippen LogP contribution >= 0.6 is 11.6 Å². The van der Waals surface area contributed by atoms with Gasteiger partial charge in [-0.1, -0.05) is 23.7 Å². The second kappa shape index (κ2) is 7.10. The molecule has 0 atom stereocenters. The highest BCUT2D eigenvalue weighted by atomic mass is 35.5. The van der Waals surface area contributed by atoms with Gasteiger partial charge in [0, 0.05) is 23.8 Å². The van der Waals surface area contributed by atoms with Crippen LogP contribution in [-0.4, -0.2) is 22.6 Å². The van der Waals surface area contributed by atoms with Gasteiger partial charge < -0.3 is 10.6 Å². The van der Waals surface area contributed by atoms with Crippen LogP contribution in [0.15, 0.2) is 36.5 Å². The number of rotatable bonds is 6. The van der Waals surface area contributed by atoms with Crippen LogP contribution in [0.4, 0.5) is 11.8 Å². The topological polar surface area (TPSA) is 49.8 Å². The normalized spacial score (nSPS) is 10.6. The first-order valence-corrected chi connectivity index (χ1v) is 7.09. The Morgan fingerprint density at radius 3 is 2.85 bits per heavy atom. The summed E-state index contributed by atoms with van der Waals surface area (Å²) in [5.41, 5.74) is 1.21. The van der Waals surface area contributed by atoms with E-state index < -0.39 is 0 Å². The van der Waals surface area contributed by atoms with Gasteiger partial charge in [-0.2, -0.15) is 4.98 Å². The number of halogens is 1. The molecule has 2 aromatic rings. The molecule has 106 valence electrons. The quantitative estimate of drug-likeness (QED) is 0.853. The maximum atomic E-state index is 5.96. The van der Waals surface area contributed by atoms with Crippen LogP contribution < -0.4 is 10.6 Å². The summed E-state index contributed by atoms with van der Waals surface area (Å²) in [5.74, 6) is 1.47. The molecule has 0 spiro atoms. The lowest BCUT2D eigenvalue weighted by molar-refractivity contribution is 0.873. The van der Waals surface area contributed by atoms with E-state index in [0.717, 1.165) is 23.8 Å². The number of nitrogens with one attached hydrogen (secondary N) is 2. The van der Waals surface area contributed by atoms with Crippen molar-refractivity contribution in [3.8, 4) is 0 Å². The highest BCUT2D eigenvalue weighted by Crippen LogP contribution is 2.12. The Hall–Kier alpha value is -1.81. The van der Waals surface area contributed by atoms with E-state index in [1.165, 1.54) is 5.56 Å². The molecular weight excluding hydrogens is 272 g/mol. The summed E-state index contributed by atoms with van der Waals surface area (Å²) in [5, 5.41) is 7.24. The van der Waals surface area contributed by atoms with E-state index in [1.807, 2.05) is 24.3 Å². The highest BCUT2D eigenvalue weighted by Gasteiger charge is 2.01. The van der Waals surface area contributed by atoms with Gasteiger partial charge in [0.1, 0.15) is 5.82 Å². The first-order valence-electron chi connectivity index (χ1n) is 6.71. The second-order valence-electron chi connectivity index (χ2n) is 4.87. The number of nitrogens with zero attached hydrogens (tertiary/aromatic N) is 2. The zero-order chi connectivity index (χ0) is 14.4. The molecule has 0 aliphatic carbocycles. The minimum Gasteiger partial charge on any atom is -0.370 e. The molecule has 1 heterocycles. The van der Waals surface area contributed by atoms with Crippen LogP contribution in [0.3, 0.4) is 0 Å². The van der Waals surface area contributed by atoms with Crippen molar-refractivity contribution in [3.05, 3.63) is 47.1 Å². The maximum Gasteiger partial charge on any atom is 0.224 e. The van der Waals surface area contributed by atoms with Gasteiger partial charge in [-0.25, -0.2) is 4.98 Å². The third kappa shape index (κ3) is 4.70. The Bertz CT molecular complexity index is 557. The lowest BCUT2D eigenvalue weighted by Crippen LogP contribution is -2.14. The summed E-state index contributed by atoms with van der Waals surface area (Å²) in [6.45, 7) is 4.92. The molecule has 1 aromatic carbocycles. The van der Waals surface area contributed by atoms with Gasteiger partial charge in [-0.05, 0) is 44.0 Å². The minimum atomic E-state index is 0.316. The van der Waals surface area contributed by atoms with E-state index in [9.17, 15) is 0 Å². The fourth-order valence-corrected chi connectivity index (χ4v) is 2.03. The first-order chi connectivity index (χ1) is 9.63. The van der Waals surface area contributed by atoms with E-state index in [4.69, 9.17) is 11.6 Å². The highest BCUT2D eigenvalue weighted by molar-refractivity contribution is 6.30. The van der Waals surface area contributed by atoms with Crippen molar-refractivity contribution in [2.45, 2.75) is 26.3 Å². The lowest BCUT2D eigenvalue weighted by atomic mass is 10.1. The lowest BCUT2D eigenvalue weighted by Gasteiger charge is -2.10. The second-order valence-corrected chi connectivity index (χ2v) is 5.31. The van der Waals surface area contributed by atoms with Gasteiger partial charge in [0.2, 0.25) is 5.95 Å². The molecule has 0 amide bonds. The molecule has 2 N–H and O–H groups in total. The zero-order valence-corrected chi connectivity index (χ0v) is 12.5. The Labute approximate surface area is 124 Å². The summed E-state index contributed by atoms with van der Waals surface area (Å²) < 4.78 is 0. The number of aromatic nitrogens is 2. The SMILES string of the molecule is CC(C)Nc1nccc(NCCc2cccc(Cl)c2)n1. The maximum absolute atomic E-state index is 5.96. The van der Waals surface area contributed by atoms with Crippen molar-refractivity contribution in [1.29, 1.82) is 0 Å². The summed E-state index contributed by atoms with van der Waals surface area (Å²) in [6.07, 6.45) is 2.65. The summed E-state index contributed by atoms with van der Waals surface area (Å²) in [7, 11) is 0. The van der Waals surface area contributed by atoms with Crippen LogP contribution in [0, 0.1) is 0 Å². The standard InChI is InChI=1S/C15H19ClN4/c1-11(2)19-15-18-9-7-14(20-15)17-8-6-12-4-3-5-13(16)10-12/h3-5,7,9-11H,6,8H2,1-2H3,(H2,17,18,19,20). The number of hydrogen-bond acceptors (Lipinski definition) is 4.